The third kappa shape index (κ3) is 5.78. The predicted molar refractivity (Wildman–Crippen MR) is 124 cm³/mol. The first-order valence-corrected chi connectivity index (χ1v) is 10.9. The summed E-state index contributed by atoms with van der Waals surface area (Å²) in [6, 6.07) is 18.4. The summed E-state index contributed by atoms with van der Waals surface area (Å²) in [6.45, 7) is 2.86. The maximum absolute atomic E-state index is 12.3. The largest absolute Gasteiger partial charge is 0.494 e. The molecule has 8 nitrogen and oxygen atoms in total. The van der Waals surface area contributed by atoms with Gasteiger partial charge in [0.1, 0.15) is 12.4 Å². The molecule has 1 amide bonds. The average Bonchev–Trinajstić information content (AvgIpc) is 3.30. The van der Waals surface area contributed by atoms with Gasteiger partial charge in [-0.15, -0.1) is 0 Å². The van der Waals surface area contributed by atoms with Crippen molar-refractivity contribution in [1.82, 2.24) is 5.32 Å². The van der Waals surface area contributed by atoms with Gasteiger partial charge in [0, 0.05) is 12.1 Å². The van der Waals surface area contributed by atoms with Crippen LogP contribution in [0.1, 0.15) is 23.6 Å². The zero-order valence-corrected chi connectivity index (χ0v) is 18.7. The Kier molecular flexibility index (Phi) is 7.17. The van der Waals surface area contributed by atoms with Gasteiger partial charge in [-0.25, -0.2) is 4.79 Å². The van der Waals surface area contributed by atoms with Crippen molar-refractivity contribution in [2.24, 2.45) is 0 Å². The van der Waals surface area contributed by atoms with Gasteiger partial charge < -0.3 is 29.4 Å². The summed E-state index contributed by atoms with van der Waals surface area (Å²) >= 11 is 0. The monoisotopic (exact) mass is 463 g/mol. The average molecular weight is 463 g/mol. The molecule has 0 radical (unpaired) electrons. The maximum atomic E-state index is 12.3. The van der Waals surface area contributed by atoms with Crippen LogP contribution in [0, 0.1) is 0 Å². The standard InChI is InChI=1S/C26H25NO7/c1-2-31-22-9-7-20(19-5-3-4-17(10-19)12-25(28)29)13-21(22)14-27-26(30)32-15-18-6-8-23-24(11-18)34-16-33-23/h3-11,13H,2,12,14-16H2,1H3,(H,27,30)(H,28,29). The first-order valence-electron chi connectivity index (χ1n) is 10.9. The first kappa shape index (κ1) is 23.0. The Morgan fingerprint density at radius 2 is 1.79 bits per heavy atom. The van der Waals surface area contributed by atoms with E-state index in [2.05, 4.69) is 5.32 Å². The molecular formula is C26H25NO7. The van der Waals surface area contributed by atoms with Crippen LogP contribution in [-0.2, 0) is 29.1 Å². The number of alkyl carbamates (subject to hydrolysis) is 1. The second kappa shape index (κ2) is 10.6. The Balaban J connectivity index is 1.42. The van der Waals surface area contributed by atoms with Gasteiger partial charge in [-0.05, 0) is 53.4 Å². The highest BCUT2D eigenvalue weighted by atomic mass is 16.7. The fourth-order valence-electron chi connectivity index (χ4n) is 3.63. The number of carboxylic acids is 1. The number of carbonyl (C=O) groups excluding carboxylic acids is 1. The summed E-state index contributed by atoms with van der Waals surface area (Å²) in [7, 11) is 0. The zero-order valence-electron chi connectivity index (χ0n) is 18.7. The smallest absolute Gasteiger partial charge is 0.407 e. The van der Waals surface area contributed by atoms with Crippen LogP contribution in [0.15, 0.2) is 60.7 Å². The van der Waals surface area contributed by atoms with Crippen molar-refractivity contribution in [3.05, 3.63) is 77.4 Å². The number of benzene rings is 3. The summed E-state index contributed by atoms with van der Waals surface area (Å²) in [4.78, 5) is 23.4. The van der Waals surface area contributed by atoms with Crippen LogP contribution in [-0.4, -0.2) is 30.6 Å². The molecule has 0 aliphatic carbocycles. The Labute approximate surface area is 197 Å². The summed E-state index contributed by atoms with van der Waals surface area (Å²) in [6.07, 6.45) is -0.608. The van der Waals surface area contributed by atoms with Gasteiger partial charge in [0.05, 0.1) is 13.0 Å². The summed E-state index contributed by atoms with van der Waals surface area (Å²) in [5, 5.41) is 11.8. The van der Waals surface area contributed by atoms with Crippen LogP contribution in [0.5, 0.6) is 17.2 Å². The fourth-order valence-corrected chi connectivity index (χ4v) is 3.63. The molecule has 2 N–H and O–H groups in total. The van der Waals surface area contributed by atoms with Crippen molar-refractivity contribution in [2.45, 2.75) is 26.5 Å². The molecule has 176 valence electrons. The fraction of sp³-hybridized carbons (Fsp3) is 0.231. The number of aliphatic carboxylic acids is 1. The zero-order chi connectivity index (χ0) is 23.9. The van der Waals surface area contributed by atoms with Crippen LogP contribution in [0.2, 0.25) is 0 Å². The molecule has 8 heteroatoms. The molecular weight excluding hydrogens is 438 g/mol. The number of hydrogen-bond acceptors (Lipinski definition) is 6. The summed E-state index contributed by atoms with van der Waals surface area (Å²) < 4.78 is 21.7. The van der Waals surface area contributed by atoms with Gasteiger partial charge in [-0.2, -0.15) is 0 Å². The van der Waals surface area contributed by atoms with E-state index < -0.39 is 12.1 Å². The Morgan fingerprint density at radius 1 is 0.971 bits per heavy atom. The molecule has 0 saturated carbocycles. The van der Waals surface area contributed by atoms with Gasteiger partial charge in [-0.3, -0.25) is 4.79 Å². The van der Waals surface area contributed by atoms with Crippen molar-refractivity contribution in [3.63, 3.8) is 0 Å². The molecule has 34 heavy (non-hydrogen) atoms. The highest BCUT2D eigenvalue weighted by Gasteiger charge is 2.14. The SMILES string of the molecule is CCOc1ccc(-c2cccc(CC(=O)O)c2)cc1CNC(=O)OCc1ccc2c(c1)OCO2. The molecule has 3 aromatic rings. The number of ether oxygens (including phenoxy) is 4. The molecule has 1 aliphatic heterocycles. The molecule has 0 saturated heterocycles. The van der Waals surface area contributed by atoms with Gasteiger partial charge in [-0.1, -0.05) is 36.4 Å². The van der Waals surface area contributed by atoms with Crippen LogP contribution >= 0.6 is 0 Å². The second-order valence-corrected chi connectivity index (χ2v) is 7.64. The van der Waals surface area contributed by atoms with Crippen LogP contribution in [0.4, 0.5) is 4.79 Å². The lowest BCUT2D eigenvalue weighted by Crippen LogP contribution is -2.24. The van der Waals surface area contributed by atoms with Gasteiger partial charge >= 0.3 is 12.1 Å². The van der Waals surface area contributed by atoms with Crippen LogP contribution in [0.3, 0.4) is 0 Å². The number of rotatable bonds is 9. The molecule has 1 aliphatic rings. The third-order valence-corrected chi connectivity index (χ3v) is 5.21. The predicted octanol–water partition coefficient (Wildman–Crippen LogP) is 4.53. The molecule has 0 aromatic heterocycles. The van der Waals surface area contributed by atoms with Crippen molar-refractivity contribution < 1.29 is 33.6 Å². The molecule has 3 aromatic carbocycles. The molecule has 0 bridgehead atoms. The van der Waals surface area contributed by atoms with Crippen molar-refractivity contribution >= 4 is 12.1 Å². The lowest BCUT2D eigenvalue weighted by atomic mass is 9.99. The van der Waals surface area contributed by atoms with E-state index in [9.17, 15) is 9.59 Å². The van der Waals surface area contributed by atoms with Gasteiger partial charge in [0.25, 0.3) is 0 Å². The van der Waals surface area contributed by atoms with E-state index in [4.69, 9.17) is 24.1 Å². The number of fused-ring (bicyclic) bond motifs is 1. The van der Waals surface area contributed by atoms with Crippen LogP contribution < -0.4 is 19.5 Å². The van der Waals surface area contributed by atoms with Crippen molar-refractivity contribution in [3.8, 4) is 28.4 Å². The summed E-state index contributed by atoms with van der Waals surface area (Å²) in [5.41, 5.74) is 4.06. The Hall–Kier alpha value is -4.20. The number of carbonyl (C=O) groups is 2. The van der Waals surface area contributed by atoms with E-state index >= 15 is 0 Å². The molecule has 1 heterocycles. The van der Waals surface area contributed by atoms with E-state index in [0.717, 1.165) is 22.3 Å². The maximum Gasteiger partial charge on any atom is 0.407 e. The van der Waals surface area contributed by atoms with E-state index in [-0.39, 0.29) is 26.4 Å². The number of nitrogens with one attached hydrogen (secondary N) is 1. The normalized spacial score (nSPS) is 11.7. The summed E-state index contributed by atoms with van der Waals surface area (Å²) in [5.74, 6) is 1.08. The molecule has 0 unspecified atom stereocenters. The minimum Gasteiger partial charge on any atom is -0.494 e. The third-order valence-electron chi connectivity index (χ3n) is 5.21. The van der Waals surface area contributed by atoms with E-state index in [0.29, 0.717) is 29.4 Å². The van der Waals surface area contributed by atoms with Crippen molar-refractivity contribution in [2.75, 3.05) is 13.4 Å². The number of amides is 1. The van der Waals surface area contributed by atoms with E-state index in [1.807, 2.05) is 49.4 Å². The highest BCUT2D eigenvalue weighted by molar-refractivity contribution is 5.73. The Bertz CT molecular complexity index is 1190. The topological polar surface area (TPSA) is 103 Å². The van der Waals surface area contributed by atoms with Gasteiger partial charge in [0.2, 0.25) is 6.79 Å². The highest BCUT2D eigenvalue weighted by Crippen LogP contribution is 2.32. The van der Waals surface area contributed by atoms with Gasteiger partial charge in [0.15, 0.2) is 11.5 Å². The molecule has 0 fully saturated rings. The second-order valence-electron chi connectivity index (χ2n) is 7.64. The number of carboxylic acid groups (broad SMARTS) is 1. The minimum absolute atomic E-state index is 0.0471. The quantitative estimate of drug-likeness (QED) is 0.480. The lowest BCUT2D eigenvalue weighted by Gasteiger charge is -2.14. The lowest BCUT2D eigenvalue weighted by molar-refractivity contribution is -0.136. The molecule has 4 rings (SSSR count). The molecule has 0 atom stereocenters. The number of hydrogen-bond donors (Lipinski definition) is 2. The Morgan fingerprint density at radius 3 is 2.62 bits per heavy atom. The first-order chi connectivity index (χ1) is 16.5. The molecule has 0 spiro atoms. The van der Waals surface area contributed by atoms with E-state index in [1.54, 1.807) is 18.2 Å². The van der Waals surface area contributed by atoms with Crippen molar-refractivity contribution in [1.29, 1.82) is 0 Å². The minimum atomic E-state index is -0.881. The van der Waals surface area contributed by atoms with E-state index in [1.165, 1.54) is 0 Å². The van der Waals surface area contributed by atoms with Crippen LogP contribution in [0.25, 0.3) is 11.1 Å².